The van der Waals surface area contributed by atoms with Crippen LogP contribution in [-0.4, -0.2) is 6.61 Å². The highest BCUT2D eigenvalue weighted by Gasteiger charge is 2.08. The van der Waals surface area contributed by atoms with Gasteiger partial charge in [0.15, 0.2) is 6.61 Å². The van der Waals surface area contributed by atoms with E-state index in [0.29, 0.717) is 6.04 Å². The number of nitriles is 1. The monoisotopic (exact) mass is 272 g/mol. The summed E-state index contributed by atoms with van der Waals surface area (Å²) in [6.07, 6.45) is 0. The molecule has 3 nitrogen and oxygen atoms in total. The summed E-state index contributed by atoms with van der Waals surface area (Å²) < 4.78 is 5.41. The van der Waals surface area contributed by atoms with Gasteiger partial charge in [-0.05, 0) is 24.4 Å². The fraction of sp³-hybridized carbons (Fsp3) is 0.267. The Morgan fingerprint density at radius 3 is 2.89 bits per heavy atom. The Morgan fingerprint density at radius 2 is 2.16 bits per heavy atom. The number of hydrogen-bond acceptors (Lipinski definition) is 4. The fourth-order valence-corrected chi connectivity index (χ4v) is 2.56. The molecule has 2 aromatic rings. The van der Waals surface area contributed by atoms with Crippen molar-refractivity contribution in [1.29, 1.82) is 5.26 Å². The van der Waals surface area contributed by atoms with Crippen LogP contribution in [0.1, 0.15) is 23.4 Å². The van der Waals surface area contributed by atoms with Crippen molar-refractivity contribution in [2.24, 2.45) is 0 Å². The molecule has 1 N–H and O–H groups in total. The summed E-state index contributed by atoms with van der Waals surface area (Å²) in [5.41, 5.74) is 1.07. The van der Waals surface area contributed by atoms with Gasteiger partial charge in [0.1, 0.15) is 11.8 Å². The van der Waals surface area contributed by atoms with Gasteiger partial charge >= 0.3 is 0 Å². The maximum Gasteiger partial charge on any atom is 0.174 e. The Labute approximate surface area is 117 Å². The predicted molar refractivity (Wildman–Crippen MR) is 77.1 cm³/mol. The van der Waals surface area contributed by atoms with E-state index in [9.17, 15) is 0 Å². The SMILES string of the molecule is C[C@H](NCc1ccccc1OCC#N)c1cccs1. The zero-order valence-electron chi connectivity index (χ0n) is 10.8. The molecule has 0 spiro atoms. The largest absolute Gasteiger partial charge is 0.478 e. The lowest BCUT2D eigenvalue weighted by atomic mass is 10.2. The molecular weight excluding hydrogens is 256 g/mol. The van der Waals surface area contributed by atoms with Gasteiger partial charge in [-0.15, -0.1) is 11.3 Å². The average molecular weight is 272 g/mol. The van der Waals surface area contributed by atoms with Gasteiger partial charge in [0.25, 0.3) is 0 Å². The van der Waals surface area contributed by atoms with Crippen LogP contribution in [0.15, 0.2) is 41.8 Å². The highest BCUT2D eigenvalue weighted by atomic mass is 32.1. The van der Waals surface area contributed by atoms with Crippen molar-refractivity contribution < 1.29 is 4.74 Å². The lowest BCUT2D eigenvalue weighted by molar-refractivity contribution is 0.362. The van der Waals surface area contributed by atoms with E-state index in [1.54, 1.807) is 11.3 Å². The Hall–Kier alpha value is -1.83. The molecule has 1 atom stereocenters. The van der Waals surface area contributed by atoms with E-state index >= 15 is 0 Å². The second-order valence-corrected chi connectivity index (χ2v) is 5.15. The Balaban J connectivity index is 1.97. The number of ether oxygens (including phenoxy) is 1. The van der Waals surface area contributed by atoms with Crippen molar-refractivity contribution in [2.75, 3.05) is 6.61 Å². The highest BCUT2D eigenvalue weighted by Crippen LogP contribution is 2.21. The molecule has 0 saturated heterocycles. The Bertz CT molecular complexity index is 546. The normalized spacial score (nSPS) is 11.8. The second kappa shape index (κ2) is 6.93. The first kappa shape index (κ1) is 13.6. The van der Waals surface area contributed by atoms with Crippen molar-refractivity contribution in [3.8, 4) is 11.8 Å². The maximum absolute atomic E-state index is 8.57. The summed E-state index contributed by atoms with van der Waals surface area (Å²) in [6.45, 7) is 2.95. The van der Waals surface area contributed by atoms with Crippen molar-refractivity contribution in [3.05, 3.63) is 52.2 Å². The number of nitrogens with zero attached hydrogens (tertiary/aromatic N) is 1. The van der Waals surface area contributed by atoms with E-state index in [0.717, 1.165) is 17.9 Å². The lowest BCUT2D eigenvalue weighted by Crippen LogP contribution is -2.17. The molecule has 0 amide bonds. The number of nitrogens with one attached hydrogen (secondary N) is 1. The van der Waals surface area contributed by atoms with E-state index in [2.05, 4.69) is 29.8 Å². The minimum Gasteiger partial charge on any atom is -0.478 e. The van der Waals surface area contributed by atoms with Crippen molar-refractivity contribution in [2.45, 2.75) is 19.5 Å². The molecule has 0 aliphatic heterocycles. The van der Waals surface area contributed by atoms with E-state index in [4.69, 9.17) is 10.00 Å². The molecule has 0 bridgehead atoms. The van der Waals surface area contributed by atoms with Gasteiger partial charge in [-0.1, -0.05) is 24.3 Å². The summed E-state index contributed by atoms with van der Waals surface area (Å²) in [4.78, 5) is 1.32. The molecule has 98 valence electrons. The molecule has 0 aliphatic carbocycles. The zero-order chi connectivity index (χ0) is 13.5. The van der Waals surface area contributed by atoms with Gasteiger partial charge in [0, 0.05) is 23.0 Å². The fourth-order valence-electron chi connectivity index (χ4n) is 1.80. The summed E-state index contributed by atoms with van der Waals surface area (Å²) >= 11 is 1.75. The first-order chi connectivity index (χ1) is 9.31. The van der Waals surface area contributed by atoms with E-state index < -0.39 is 0 Å². The van der Waals surface area contributed by atoms with E-state index in [1.807, 2.05) is 30.3 Å². The molecule has 0 saturated carbocycles. The zero-order valence-corrected chi connectivity index (χ0v) is 11.6. The van der Waals surface area contributed by atoms with E-state index in [-0.39, 0.29) is 6.61 Å². The smallest absolute Gasteiger partial charge is 0.174 e. The van der Waals surface area contributed by atoms with Gasteiger partial charge in [-0.2, -0.15) is 5.26 Å². The molecule has 19 heavy (non-hydrogen) atoms. The van der Waals surface area contributed by atoms with Gasteiger partial charge in [0.2, 0.25) is 0 Å². The summed E-state index contributed by atoms with van der Waals surface area (Å²) in [6, 6.07) is 14.3. The second-order valence-electron chi connectivity index (χ2n) is 4.17. The topological polar surface area (TPSA) is 45.0 Å². The average Bonchev–Trinajstić information content (AvgIpc) is 2.97. The number of para-hydroxylation sites is 1. The van der Waals surface area contributed by atoms with Crippen molar-refractivity contribution in [3.63, 3.8) is 0 Å². The third-order valence-corrected chi connectivity index (χ3v) is 3.89. The van der Waals surface area contributed by atoms with Crippen LogP contribution in [0, 0.1) is 11.3 Å². The Kier molecular flexibility index (Phi) is 4.96. The van der Waals surface area contributed by atoms with Crippen LogP contribution in [-0.2, 0) is 6.54 Å². The van der Waals surface area contributed by atoms with Gasteiger partial charge in [-0.25, -0.2) is 0 Å². The molecule has 0 aliphatic rings. The van der Waals surface area contributed by atoms with Crippen LogP contribution in [0.4, 0.5) is 0 Å². The van der Waals surface area contributed by atoms with Crippen LogP contribution < -0.4 is 10.1 Å². The first-order valence-corrected chi connectivity index (χ1v) is 7.03. The first-order valence-electron chi connectivity index (χ1n) is 6.15. The van der Waals surface area contributed by atoms with Crippen LogP contribution in [0.2, 0.25) is 0 Å². The predicted octanol–water partition coefficient (Wildman–Crippen LogP) is 3.50. The van der Waals surface area contributed by atoms with Crippen LogP contribution in [0.5, 0.6) is 5.75 Å². The number of hydrogen-bond donors (Lipinski definition) is 1. The summed E-state index contributed by atoms with van der Waals surface area (Å²) in [5.74, 6) is 0.773. The van der Waals surface area contributed by atoms with Crippen LogP contribution in [0.25, 0.3) is 0 Å². The lowest BCUT2D eigenvalue weighted by Gasteiger charge is -2.14. The minimum absolute atomic E-state index is 0.0808. The molecule has 0 fully saturated rings. The van der Waals surface area contributed by atoms with E-state index in [1.165, 1.54) is 4.88 Å². The van der Waals surface area contributed by atoms with Gasteiger partial charge in [0.05, 0.1) is 0 Å². The van der Waals surface area contributed by atoms with Gasteiger partial charge < -0.3 is 10.1 Å². The molecule has 1 aromatic carbocycles. The molecule has 1 heterocycles. The number of thiophene rings is 1. The van der Waals surface area contributed by atoms with Crippen molar-refractivity contribution in [1.82, 2.24) is 5.32 Å². The number of benzene rings is 1. The quantitative estimate of drug-likeness (QED) is 0.875. The highest BCUT2D eigenvalue weighted by molar-refractivity contribution is 7.10. The van der Waals surface area contributed by atoms with Gasteiger partial charge in [-0.3, -0.25) is 0 Å². The molecule has 2 rings (SSSR count). The summed E-state index contributed by atoms with van der Waals surface area (Å²) in [5, 5.41) is 14.1. The third kappa shape index (κ3) is 3.82. The molecule has 0 unspecified atom stereocenters. The standard InChI is InChI=1S/C15H16N2OS/c1-12(15-7-4-10-19-15)17-11-13-5-2-3-6-14(13)18-9-8-16/h2-7,10,12,17H,9,11H2,1H3/t12-/m0/s1. The molecule has 0 radical (unpaired) electrons. The maximum atomic E-state index is 8.57. The van der Waals surface area contributed by atoms with Crippen LogP contribution in [0.3, 0.4) is 0 Å². The molecular formula is C15H16N2OS. The summed E-state index contributed by atoms with van der Waals surface area (Å²) in [7, 11) is 0. The minimum atomic E-state index is 0.0808. The van der Waals surface area contributed by atoms with Crippen LogP contribution >= 0.6 is 11.3 Å². The third-order valence-electron chi connectivity index (χ3n) is 2.83. The molecule has 4 heteroatoms. The van der Waals surface area contributed by atoms with Crippen molar-refractivity contribution >= 4 is 11.3 Å². The number of rotatable bonds is 6. The molecule has 1 aromatic heterocycles. The Morgan fingerprint density at radius 1 is 1.32 bits per heavy atom.